The number of alkyl halides is 1. The van der Waals surface area contributed by atoms with E-state index in [-0.39, 0.29) is 34.6 Å². The highest BCUT2D eigenvalue weighted by Gasteiger charge is 2.39. The zero-order valence-corrected chi connectivity index (χ0v) is 12.0. The molecule has 0 bridgehead atoms. The van der Waals surface area contributed by atoms with Crippen LogP contribution < -0.4 is 11.4 Å². The number of anilines is 1. The quantitative estimate of drug-likeness (QED) is 0.548. The first kappa shape index (κ1) is 13.7. The van der Waals surface area contributed by atoms with E-state index in [4.69, 9.17) is 10.5 Å². The molecule has 1 aliphatic heterocycles. The number of aliphatic hydroxyl groups excluding tert-OH is 1. The van der Waals surface area contributed by atoms with Gasteiger partial charge in [-0.25, -0.2) is 9.78 Å². The maximum Gasteiger partial charge on any atom is 0.352 e. The number of aromatic nitrogens is 3. The lowest BCUT2D eigenvalue weighted by Gasteiger charge is -2.16. The van der Waals surface area contributed by atoms with Crippen LogP contribution in [0.3, 0.4) is 0 Å². The maximum absolute atomic E-state index is 11.6. The van der Waals surface area contributed by atoms with Crippen LogP contribution in [-0.4, -0.2) is 42.4 Å². The molecule has 7 nitrogen and oxygen atoms in total. The van der Waals surface area contributed by atoms with Crippen LogP contribution >= 0.6 is 22.6 Å². The fourth-order valence-corrected chi connectivity index (χ4v) is 2.87. The van der Waals surface area contributed by atoms with Crippen molar-refractivity contribution >= 4 is 28.5 Å². The standard InChI is InChI=1S/C10H15IN4O3/c1-5-6(18-7(3-16)8(5)11)2-15-4-13-9(12)14-10(15)17/h4-8,16H,2-3H2,1H3,(H2,12,14,17)/t5?,6?,7-,8?/m1/s1. The molecule has 1 saturated heterocycles. The summed E-state index contributed by atoms with van der Waals surface area (Å²) in [5, 5.41) is 9.19. The summed E-state index contributed by atoms with van der Waals surface area (Å²) in [7, 11) is 0. The maximum atomic E-state index is 11.6. The van der Waals surface area contributed by atoms with E-state index in [2.05, 4.69) is 32.6 Å². The number of halogens is 1. The van der Waals surface area contributed by atoms with E-state index in [1.54, 1.807) is 0 Å². The molecule has 3 unspecified atom stereocenters. The zero-order chi connectivity index (χ0) is 13.3. The van der Waals surface area contributed by atoms with Crippen LogP contribution in [0.4, 0.5) is 5.95 Å². The molecule has 0 saturated carbocycles. The largest absolute Gasteiger partial charge is 0.394 e. The third kappa shape index (κ3) is 2.64. The van der Waals surface area contributed by atoms with Gasteiger partial charge in [0, 0.05) is 3.92 Å². The van der Waals surface area contributed by atoms with Crippen molar-refractivity contribution in [2.75, 3.05) is 12.3 Å². The lowest BCUT2D eigenvalue weighted by atomic mass is 10.0. The van der Waals surface area contributed by atoms with Crippen LogP contribution in [0.15, 0.2) is 11.1 Å². The van der Waals surface area contributed by atoms with Crippen LogP contribution in [-0.2, 0) is 11.3 Å². The minimum Gasteiger partial charge on any atom is -0.394 e. The van der Waals surface area contributed by atoms with Crippen LogP contribution in [0.2, 0.25) is 0 Å². The first-order chi connectivity index (χ1) is 8.52. The molecule has 0 aliphatic carbocycles. The van der Waals surface area contributed by atoms with E-state index in [0.29, 0.717) is 6.54 Å². The Hall–Kier alpha value is -0.740. The Morgan fingerprint density at radius 2 is 2.33 bits per heavy atom. The highest BCUT2D eigenvalue weighted by Crippen LogP contribution is 2.33. The number of rotatable bonds is 3. The zero-order valence-electron chi connectivity index (χ0n) is 9.86. The Kier molecular flexibility index (Phi) is 4.17. The fraction of sp³-hybridized carbons (Fsp3) is 0.700. The van der Waals surface area contributed by atoms with Gasteiger partial charge in [0.15, 0.2) is 0 Å². The van der Waals surface area contributed by atoms with Gasteiger partial charge in [0.05, 0.1) is 25.4 Å². The van der Waals surface area contributed by atoms with Crippen molar-refractivity contribution in [1.29, 1.82) is 0 Å². The van der Waals surface area contributed by atoms with Crippen LogP contribution in [0, 0.1) is 5.92 Å². The SMILES string of the molecule is CC1C(Cn2cnc(N)nc2=O)O[C@H](CO)C1I. The summed E-state index contributed by atoms with van der Waals surface area (Å²) in [4.78, 5) is 18.9. The second kappa shape index (κ2) is 5.49. The van der Waals surface area contributed by atoms with Crippen molar-refractivity contribution in [1.82, 2.24) is 14.5 Å². The molecular weight excluding hydrogens is 351 g/mol. The Morgan fingerprint density at radius 1 is 1.61 bits per heavy atom. The van der Waals surface area contributed by atoms with Crippen LogP contribution in [0.5, 0.6) is 0 Å². The topological polar surface area (TPSA) is 103 Å². The van der Waals surface area contributed by atoms with Crippen LogP contribution in [0.1, 0.15) is 6.92 Å². The molecule has 3 N–H and O–H groups in total. The molecule has 0 radical (unpaired) electrons. The molecule has 18 heavy (non-hydrogen) atoms. The minimum atomic E-state index is -0.434. The van der Waals surface area contributed by atoms with Gasteiger partial charge in [-0.1, -0.05) is 29.5 Å². The van der Waals surface area contributed by atoms with Gasteiger partial charge in [0.25, 0.3) is 0 Å². The monoisotopic (exact) mass is 366 g/mol. The van der Waals surface area contributed by atoms with Crippen molar-refractivity contribution in [2.45, 2.75) is 29.6 Å². The van der Waals surface area contributed by atoms with Gasteiger partial charge in [-0.2, -0.15) is 4.98 Å². The summed E-state index contributed by atoms with van der Waals surface area (Å²) in [6.45, 7) is 2.40. The molecule has 100 valence electrons. The number of nitrogen functional groups attached to an aromatic ring is 1. The second-order valence-electron chi connectivity index (χ2n) is 4.35. The lowest BCUT2D eigenvalue weighted by Crippen LogP contribution is -2.32. The molecule has 8 heteroatoms. The van der Waals surface area contributed by atoms with E-state index < -0.39 is 5.69 Å². The van der Waals surface area contributed by atoms with Crippen molar-refractivity contribution < 1.29 is 9.84 Å². The van der Waals surface area contributed by atoms with Gasteiger partial charge in [-0.3, -0.25) is 4.57 Å². The third-order valence-corrected chi connectivity index (χ3v) is 5.07. The van der Waals surface area contributed by atoms with Gasteiger partial charge in [-0.15, -0.1) is 0 Å². The summed E-state index contributed by atoms with van der Waals surface area (Å²) in [5.74, 6) is 0.212. The van der Waals surface area contributed by atoms with Gasteiger partial charge >= 0.3 is 5.69 Å². The molecule has 0 amide bonds. The minimum absolute atomic E-state index is 0.0123. The number of nitrogens with zero attached hydrogens (tertiary/aromatic N) is 3. The van der Waals surface area contributed by atoms with E-state index in [1.807, 2.05) is 6.92 Å². The first-order valence-electron chi connectivity index (χ1n) is 5.62. The Morgan fingerprint density at radius 3 is 2.89 bits per heavy atom. The van der Waals surface area contributed by atoms with Crippen molar-refractivity contribution in [3.8, 4) is 0 Å². The number of hydrogen-bond donors (Lipinski definition) is 2. The summed E-state index contributed by atoms with van der Waals surface area (Å²) in [6, 6.07) is 0. The van der Waals surface area contributed by atoms with E-state index in [0.717, 1.165) is 0 Å². The molecular formula is C10H15IN4O3. The summed E-state index contributed by atoms with van der Waals surface area (Å²) in [5.41, 5.74) is 4.89. The predicted molar refractivity (Wildman–Crippen MR) is 73.4 cm³/mol. The predicted octanol–water partition coefficient (Wildman–Crippen LogP) is -0.580. The van der Waals surface area contributed by atoms with Crippen molar-refractivity contribution in [2.24, 2.45) is 5.92 Å². The number of nitrogens with two attached hydrogens (primary N) is 1. The van der Waals surface area contributed by atoms with Gasteiger partial charge in [0.1, 0.15) is 6.33 Å². The molecule has 1 aliphatic rings. The van der Waals surface area contributed by atoms with E-state index >= 15 is 0 Å². The van der Waals surface area contributed by atoms with Crippen molar-refractivity contribution in [3.05, 3.63) is 16.8 Å². The normalized spacial score (nSPS) is 31.7. The molecule has 2 rings (SSSR count). The summed E-state index contributed by atoms with van der Waals surface area (Å²) < 4.78 is 7.32. The Labute approximate surface area is 118 Å². The molecule has 2 heterocycles. The molecule has 1 fully saturated rings. The molecule has 0 spiro atoms. The molecule has 4 atom stereocenters. The fourth-order valence-electron chi connectivity index (χ4n) is 2.01. The van der Waals surface area contributed by atoms with Crippen LogP contribution in [0.25, 0.3) is 0 Å². The third-order valence-electron chi connectivity index (χ3n) is 3.14. The highest BCUT2D eigenvalue weighted by atomic mass is 127. The summed E-state index contributed by atoms with van der Waals surface area (Å²) >= 11 is 2.27. The van der Waals surface area contributed by atoms with E-state index in [9.17, 15) is 9.90 Å². The summed E-state index contributed by atoms with van der Waals surface area (Å²) in [6.07, 6.45) is 1.06. The van der Waals surface area contributed by atoms with E-state index in [1.165, 1.54) is 10.9 Å². The first-order valence-corrected chi connectivity index (χ1v) is 6.87. The van der Waals surface area contributed by atoms with Gasteiger partial charge in [-0.05, 0) is 5.92 Å². The number of aliphatic hydroxyl groups is 1. The highest BCUT2D eigenvalue weighted by molar-refractivity contribution is 14.1. The Balaban J connectivity index is 2.13. The van der Waals surface area contributed by atoms with Gasteiger partial charge in [0.2, 0.25) is 5.95 Å². The second-order valence-corrected chi connectivity index (χ2v) is 5.79. The molecule has 0 aromatic carbocycles. The molecule has 1 aromatic rings. The lowest BCUT2D eigenvalue weighted by molar-refractivity contribution is -0.000566. The molecule has 1 aromatic heterocycles. The van der Waals surface area contributed by atoms with Crippen molar-refractivity contribution in [3.63, 3.8) is 0 Å². The number of hydrogen-bond acceptors (Lipinski definition) is 6. The average molecular weight is 366 g/mol. The average Bonchev–Trinajstić information content (AvgIpc) is 2.60. The number of ether oxygens (including phenoxy) is 1. The van der Waals surface area contributed by atoms with Gasteiger partial charge < -0.3 is 15.6 Å². The Bertz CT molecular complexity index is 480. The smallest absolute Gasteiger partial charge is 0.352 e.